The molecule has 5 nitrogen and oxygen atoms in total. The van der Waals surface area contributed by atoms with Gasteiger partial charge in [-0.25, -0.2) is 0 Å². The number of hydrogen-bond donors (Lipinski definition) is 1. The minimum Gasteiger partial charge on any atom is -0.497 e. The molecule has 0 amide bonds. The van der Waals surface area contributed by atoms with Gasteiger partial charge in [-0.15, -0.1) is 0 Å². The number of aliphatic hydroxyl groups excluding tert-OH is 1. The maximum atomic E-state index is 9.53. The first kappa shape index (κ1) is 27.0. The average Bonchev–Trinajstić information content (AvgIpc) is 3.05. The van der Waals surface area contributed by atoms with Crippen LogP contribution in [0.5, 0.6) is 11.5 Å². The van der Waals surface area contributed by atoms with E-state index in [1.54, 1.807) is 14.2 Å². The molecule has 0 radical (unpaired) electrons. The number of benzene rings is 4. The molecule has 2 atom stereocenters. The monoisotopic (exact) mass is 546 g/mol. The van der Waals surface area contributed by atoms with Crippen LogP contribution in [0.2, 0.25) is 0 Å². The third-order valence-electron chi connectivity index (χ3n) is 7.97. The summed E-state index contributed by atoms with van der Waals surface area (Å²) >= 11 is 0. The molecule has 1 heterocycles. The fraction of sp³-hybridized carbons (Fsp3) is 0.222. The third-order valence-corrected chi connectivity index (χ3v) is 7.97. The highest BCUT2D eigenvalue weighted by atomic mass is 16.5. The summed E-state index contributed by atoms with van der Waals surface area (Å²) in [5, 5.41) is 9.53. The van der Waals surface area contributed by atoms with E-state index in [1.807, 2.05) is 30.3 Å². The second-order valence-electron chi connectivity index (χ2n) is 10.4. The van der Waals surface area contributed by atoms with Crippen molar-refractivity contribution in [2.75, 3.05) is 14.2 Å². The maximum absolute atomic E-state index is 9.53. The molecule has 208 valence electrons. The van der Waals surface area contributed by atoms with Gasteiger partial charge in [-0.2, -0.15) is 0 Å². The van der Waals surface area contributed by atoms with Crippen LogP contribution < -0.4 is 9.47 Å². The van der Waals surface area contributed by atoms with Gasteiger partial charge in [0.2, 0.25) is 0 Å². The van der Waals surface area contributed by atoms with E-state index in [9.17, 15) is 5.11 Å². The van der Waals surface area contributed by atoms with Crippen molar-refractivity contribution >= 4 is 0 Å². The molecule has 0 saturated carbocycles. The summed E-state index contributed by atoms with van der Waals surface area (Å²) in [4.78, 5) is 0. The predicted molar refractivity (Wildman–Crippen MR) is 160 cm³/mol. The van der Waals surface area contributed by atoms with E-state index >= 15 is 0 Å². The minimum absolute atomic E-state index is 0.0194. The molecule has 4 aromatic rings. The van der Waals surface area contributed by atoms with Crippen LogP contribution in [-0.2, 0) is 34.9 Å². The molecule has 2 unspecified atom stereocenters. The summed E-state index contributed by atoms with van der Waals surface area (Å²) in [7, 11) is 3.41. The molecule has 6 rings (SSSR count). The molecule has 1 N–H and O–H groups in total. The molecule has 0 saturated heterocycles. The summed E-state index contributed by atoms with van der Waals surface area (Å²) in [5.41, 5.74) is 7.44. The Kier molecular flexibility index (Phi) is 7.75. The molecule has 0 bridgehead atoms. The zero-order valence-corrected chi connectivity index (χ0v) is 23.4. The molecule has 4 aromatic carbocycles. The molecule has 1 aliphatic heterocycles. The summed E-state index contributed by atoms with van der Waals surface area (Å²) < 4.78 is 24.3. The highest BCUT2D eigenvalue weighted by molar-refractivity contribution is 5.75. The van der Waals surface area contributed by atoms with Gasteiger partial charge in [-0.1, -0.05) is 85.0 Å². The Morgan fingerprint density at radius 3 is 2.32 bits per heavy atom. The highest BCUT2D eigenvalue weighted by Gasteiger charge is 2.39. The Bertz CT molecular complexity index is 1570. The third kappa shape index (κ3) is 5.20. The second kappa shape index (κ2) is 11.8. The fourth-order valence-electron chi connectivity index (χ4n) is 5.76. The Hall–Kier alpha value is -4.16. The van der Waals surface area contributed by atoms with Gasteiger partial charge in [0, 0.05) is 12.7 Å². The quantitative estimate of drug-likeness (QED) is 0.243. The van der Waals surface area contributed by atoms with Crippen LogP contribution in [0.15, 0.2) is 115 Å². The Morgan fingerprint density at radius 1 is 0.854 bits per heavy atom. The van der Waals surface area contributed by atoms with Crippen LogP contribution in [0.4, 0.5) is 0 Å². The minimum atomic E-state index is -0.854. The summed E-state index contributed by atoms with van der Waals surface area (Å²) in [6.45, 7) is 0.858. The summed E-state index contributed by atoms with van der Waals surface area (Å²) in [6, 6.07) is 30.8. The van der Waals surface area contributed by atoms with Crippen molar-refractivity contribution in [3.63, 3.8) is 0 Å². The Labute approximate surface area is 241 Å². The van der Waals surface area contributed by atoms with E-state index < -0.39 is 5.60 Å². The van der Waals surface area contributed by atoms with Crippen LogP contribution >= 0.6 is 0 Å². The van der Waals surface area contributed by atoms with Crippen molar-refractivity contribution in [3.8, 4) is 22.6 Å². The van der Waals surface area contributed by atoms with Crippen LogP contribution in [0, 0.1) is 0 Å². The van der Waals surface area contributed by atoms with Crippen molar-refractivity contribution in [2.45, 2.75) is 37.9 Å². The first-order valence-corrected chi connectivity index (χ1v) is 13.9. The van der Waals surface area contributed by atoms with Gasteiger partial charge in [-0.3, -0.25) is 0 Å². The van der Waals surface area contributed by atoms with Crippen molar-refractivity contribution < 1.29 is 24.1 Å². The summed E-state index contributed by atoms with van der Waals surface area (Å²) in [5.74, 6) is 1.63. The average molecular weight is 547 g/mol. The van der Waals surface area contributed by atoms with Crippen LogP contribution in [0.1, 0.15) is 34.2 Å². The van der Waals surface area contributed by atoms with Gasteiger partial charge in [0.05, 0.1) is 26.4 Å². The number of methoxy groups -OCH3 is 2. The molecule has 0 fully saturated rings. The van der Waals surface area contributed by atoms with E-state index in [0.29, 0.717) is 13.2 Å². The molecule has 1 aliphatic carbocycles. The van der Waals surface area contributed by atoms with E-state index in [4.69, 9.17) is 18.9 Å². The molecular formula is C36H34O5. The number of hydrogen-bond acceptors (Lipinski definition) is 5. The fourth-order valence-corrected chi connectivity index (χ4v) is 5.76. The standard InChI is InChI=1S/C36H34O5/c1-38-31-14-10-29(11-15-31)36(28-6-4-3-5-7-28,30-12-16-32(39-2)17-13-30)41-23-26-9-19-34-33-18-8-25(22-37)20-27(33)24-40-35(34)21-26/h3-16,18-21,32,37H,17,22-24H2,1-2H3. The number of rotatable bonds is 9. The van der Waals surface area contributed by atoms with Gasteiger partial charge in [0.1, 0.15) is 23.7 Å². The Morgan fingerprint density at radius 2 is 1.61 bits per heavy atom. The lowest BCUT2D eigenvalue weighted by atomic mass is 9.77. The summed E-state index contributed by atoms with van der Waals surface area (Å²) in [6.07, 6.45) is 7.26. The van der Waals surface area contributed by atoms with Gasteiger partial charge >= 0.3 is 0 Å². The van der Waals surface area contributed by atoms with Crippen LogP contribution in [0.3, 0.4) is 0 Å². The van der Waals surface area contributed by atoms with Crippen molar-refractivity contribution in [2.24, 2.45) is 0 Å². The number of aliphatic hydroxyl groups is 1. The topological polar surface area (TPSA) is 57.2 Å². The Balaban J connectivity index is 1.39. The molecule has 5 heteroatoms. The van der Waals surface area contributed by atoms with E-state index in [-0.39, 0.29) is 12.7 Å². The van der Waals surface area contributed by atoms with Gasteiger partial charge in [0.15, 0.2) is 0 Å². The number of fused-ring (bicyclic) bond motifs is 3. The zero-order valence-electron chi connectivity index (χ0n) is 23.4. The van der Waals surface area contributed by atoms with Crippen LogP contribution in [0.25, 0.3) is 11.1 Å². The first-order valence-electron chi connectivity index (χ1n) is 13.9. The maximum Gasteiger partial charge on any atom is 0.143 e. The van der Waals surface area contributed by atoms with Crippen molar-refractivity contribution in [1.82, 2.24) is 0 Å². The van der Waals surface area contributed by atoms with Crippen molar-refractivity contribution in [3.05, 3.63) is 143 Å². The smallest absolute Gasteiger partial charge is 0.143 e. The zero-order chi connectivity index (χ0) is 28.2. The van der Waals surface area contributed by atoms with Crippen molar-refractivity contribution in [1.29, 1.82) is 0 Å². The molecule has 2 aliphatic rings. The lowest BCUT2D eigenvalue weighted by molar-refractivity contribution is -0.00135. The predicted octanol–water partition coefficient (Wildman–Crippen LogP) is 7.11. The largest absolute Gasteiger partial charge is 0.497 e. The number of ether oxygens (including phenoxy) is 4. The molecular weight excluding hydrogens is 512 g/mol. The molecule has 0 aromatic heterocycles. The van der Waals surface area contributed by atoms with Crippen LogP contribution in [-0.4, -0.2) is 25.4 Å². The van der Waals surface area contributed by atoms with E-state index in [0.717, 1.165) is 62.4 Å². The van der Waals surface area contributed by atoms with Gasteiger partial charge in [0.25, 0.3) is 0 Å². The lowest BCUT2D eigenvalue weighted by Gasteiger charge is -2.38. The van der Waals surface area contributed by atoms with Gasteiger partial charge < -0.3 is 24.1 Å². The van der Waals surface area contributed by atoms with E-state index in [2.05, 4.69) is 78.9 Å². The van der Waals surface area contributed by atoms with E-state index in [1.165, 1.54) is 0 Å². The highest BCUT2D eigenvalue weighted by Crippen LogP contribution is 2.45. The molecule has 41 heavy (non-hydrogen) atoms. The SMILES string of the molecule is COc1ccc(C(OCc2ccc3c(c2)OCc2cc(CO)ccc2-3)(C2=CCC(OC)C=C2)c2ccccc2)cc1. The van der Waals surface area contributed by atoms with Gasteiger partial charge in [-0.05, 0) is 69.6 Å². The normalized spacial score (nSPS) is 17.0. The molecule has 0 spiro atoms. The first-order chi connectivity index (χ1) is 20.1. The second-order valence-corrected chi connectivity index (χ2v) is 10.4. The lowest BCUT2D eigenvalue weighted by Crippen LogP contribution is -2.34.